The first-order valence-corrected chi connectivity index (χ1v) is 23.6. The monoisotopic (exact) mass is 1230 g/mol. The molecule has 0 aliphatic rings. The summed E-state index contributed by atoms with van der Waals surface area (Å²) in [6, 6.07) is 19.2. The van der Waals surface area contributed by atoms with Crippen molar-refractivity contribution in [1.82, 2.24) is 29.9 Å². The van der Waals surface area contributed by atoms with E-state index in [1.165, 1.54) is 84.4 Å². The summed E-state index contributed by atoms with van der Waals surface area (Å²) in [6.07, 6.45) is 10.8. The Morgan fingerprint density at radius 1 is 0.422 bits per heavy atom. The maximum absolute atomic E-state index is 10.8. The first-order chi connectivity index (χ1) is 28.0. The molecule has 0 N–H and O–H groups in total. The number of hydrogen-bond donors (Lipinski definition) is 0. The molecule has 0 aliphatic carbocycles. The Kier molecular flexibility index (Phi) is 27.3. The zero-order valence-electron chi connectivity index (χ0n) is 34.3. The molecule has 64 heavy (non-hydrogen) atoms. The van der Waals surface area contributed by atoms with Crippen LogP contribution in [-0.2, 0) is 110 Å². The molecule has 6 rings (SSSR count). The van der Waals surface area contributed by atoms with Crippen molar-refractivity contribution in [1.29, 1.82) is 0 Å². The van der Waals surface area contributed by atoms with E-state index in [-0.39, 0.29) is 145 Å². The molecule has 6 heterocycles. The molecule has 6 aromatic heterocycles. The van der Waals surface area contributed by atoms with Gasteiger partial charge in [-0.05, 0) is 113 Å². The van der Waals surface area contributed by atoms with Crippen molar-refractivity contribution >= 4 is 40.5 Å². The van der Waals surface area contributed by atoms with Crippen LogP contribution in [0.2, 0.25) is 0 Å². The minimum absolute atomic E-state index is 0. The average molecular weight is 1230 g/mol. The molecule has 18 nitrogen and oxygen atoms in total. The molecule has 6 aromatic rings. The Labute approximate surface area is 444 Å². The van der Waals surface area contributed by atoms with Crippen molar-refractivity contribution in [3.8, 4) is 34.2 Å². The molecule has 0 atom stereocenters. The molecule has 330 valence electrons. The zero-order valence-corrected chi connectivity index (χ0v) is 46.3. The summed E-state index contributed by atoms with van der Waals surface area (Å²) >= 11 is 0. The second-order valence-corrected chi connectivity index (χ2v) is 18.5. The molecule has 26 heteroatoms. The minimum Gasteiger partial charge on any atom is -0.748 e. The van der Waals surface area contributed by atoms with Gasteiger partial charge >= 0.3 is 78.6 Å². The predicted octanol–water partition coefficient (Wildman–Crippen LogP) is -2.31. The summed E-state index contributed by atoms with van der Waals surface area (Å²) in [4.78, 5) is 24.6. The van der Waals surface area contributed by atoms with Gasteiger partial charge < -0.3 is 25.1 Å². The zero-order chi connectivity index (χ0) is 44.1. The Hall–Kier alpha value is -2.15. The predicted molar refractivity (Wildman–Crippen MR) is 214 cm³/mol. The number of aromatic nitrogens is 6. The van der Waals surface area contributed by atoms with Crippen LogP contribution in [0.15, 0.2) is 110 Å². The topological polar surface area (TPSA) is 306 Å². The maximum atomic E-state index is 10.8. The van der Waals surface area contributed by atoms with Crippen LogP contribution < -0.4 is 59.1 Å². The van der Waals surface area contributed by atoms with Gasteiger partial charge in [0.05, 0.1) is 97.6 Å². The first kappa shape index (κ1) is 61.9. The number of aryl methyl sites for hydroxylation is 2. The summed E-state index contributed by atoms with van der Waals surface area (Å²) in [5.41, 5.74) is 6.38. The van der Waals surface area contributed by atoms with E-state index in [0.717, 1.165) is 24.2 Å². The molecule has 0 bridgehead atoms. The van der Waals surface area contributed by atoms with E-state index in [2.05, 4.69) is 55.9 Å². The van der Waals surface area contributed by atoms with Crippen LogP contribution in [0.3, 0.4) is 0 Å². The Morgan fingerprint density at radius 2 is 0.641 bits per heavy atom. The smallest absolute Gasteiger partial charge is 0.748 e. The van der Waals surface area contributed by atoms with Gasteiger partial charge in [-0.3, -0.25) is 29.9 Å². The van der Waals surface area contributed by atoms with Gasteiger partial charge in [0.2, 0.25) is 0 Å². The van der Waals surface area contributed by atoms with E-state index in [1.54, 1.807) is 0 Å². The van der Waals surface area contributed by atoms with Crippen molar-refractivity contribution in [3.05, 3.63) is 150 Å². The minimum atomic E-state index is -4.43. The summed E-state index contributed by atoms with van der Waals surface area (Å²) < 4.78 is 129. The maximum Gasteiger partial charge on any atom is 2.00 e. The largest absolute Gasteiger partial charge is 2.00 e. The molecule has 0 aliphatic heterocycles. The van der Waals surface area contributed by atoms with E-state index in [4.69, 9.17) is 0 Å². The Balaban J connectivity index is 0.000000913. The number of rotatable bonds is 13. The fourth-order valence-electron chi connectivity index (χ4n) is 5.28. The van der Waals surface area contributed by atoms with E-state index in [1.807, 2.05) is 24.5 Å². The van der Waals surface area contributed by atoms with Gasteiger partial charge in [-0.2, -0.15) is 6.42 Å². The summed E-state index contributed by atoms with van der Waals surface area (Å²) in [7, 11) is -17.7. The van der Waals surface area contributed by atoms with Crippen molar-refractivity contribution in [2.24, 2.45) is 0 Å². The van der Waals surface area contributed by atoms with Crippen LogP contribution in [0.5, 0.6) is 0 Å². The van der Waals surface area contributed by atoms with E-state index >= 15 is 0 Å². The molecular formula is C38H35N6Na2O12RuS4W-. The van der Waals surface area contributed by atoms with Crippen LogP contribution in [0.4, 0.5) is 0 Å². The molecule has 0 aromatic carbocycles. The molecule has 0 radical (unpaired) electrons. The van der Waals surface area contributed by atoms with Crippen LogP contribution in [0.25, 0.3) is 34.2 Å². The van der Waals surface area contributed by atoms with Crippen LogP contribution in [-0.4, -0.2) is 81.8 Å². The Bertz CT molecular complexity index is 2610. The third-order valence-electron chi connectivity index (χ3n) is 7.66. The molecule has 0 fully saturated rings. The van der Waals surface area contributed by atoms with E-state index in [9.17, 15) is 51.9 Å². The third-order valence-corrected chi connectivity index (χ3v) is 10.4. The molecule has 0 amide bonds. The second kappa shape index (κ2) is 28.2. The fraction of sp³-hybridized carbons (Fsp3) is 0.184. The number of pyridine rings is 6. The normalized spacial score (nSPS) is 11.0. The molecule has 0 saturated heterocycles. The number of nitrogens with zero attached hydrogens (tertiary/aromatic N) is 6. The second-order valence-electron chi connectivity index (χ2n) is 12.9. The number of hydrogen-bond acceptors (Lipinski definition) is 18. The van der Waals surface area contributed by atoms with E-state index in [0.29, 0.717) is 0 Å². The van der Waals surface area contributed by atoms with Crippen molar-refractivity contribution in [2.45, 2.75) is 42.8 Å². The van der Waals surface area contributed by atoms with Crippen molar-refractivity contribution in [2.75, 3.05) is 0 Å². The SMILES string of the molecule is O=S(=O)([O-])Cc1ccnc(-c2cc(CS(=O)(=O)[O-])ccn2)c1.O=S(=O)([O-])Cc1ccnc(-c2cc(CS(=O)(=O)[O-])ccn2)c1.[CH2-]CCc1ccnc(-c2cc(C)ccn2)c1.[Na+].[Na+].[Ru+2].[W]. The van der Waals surface area contributed by atoms with Gasteiger partial charge in [0.15, 0.2) is 0 Å². The van der Waals surface area contributed by atoms with Gasteiger partial charge in [0.25, 0.3) is 0 Å². The first-order valence-electron chi connectivity index (χ1n) is 17.3. The molecular weight excluding hydrogens is 1190 g/mol. The quantitative estimate of drug-likeness (QED) is 0.0666. The van der Waals surface area contributed by atoms with Gasteiger partial charge in [-0.25, -0.2) is 33.7 Å². The fourth-order valence-corrected chi connectivity index (χ4v) is 7.63. The standard InChI is InChI=1S/C14H15N2.2C12H12N2O6S2.2Na.Ru.W/c1-3-4-12-6-8-16-14(10-12)13-9-11(2)5-7-15-13;2*15-21(16,17)7-9-1-3-13-11(5-9)12-6-10(2-4-14-12)8-22(18,19)20;;;;/h5-10H,1,3-4H2,2H3;2*1-6H,7-8H2,(H,15,16,17)(H,18,19,20);;;;/q-1;;;2*+1;+2;/p-4. The summed E-state index contributed by atoms with van der Waals surface area (Å²) in [5, 5.41) is 0. The summed E-state index contributed by atoms with van der Waals surface area (Å²) in [5.74, 6) is -2.73. The Morgan fingerprint density at radius 3 is 0.875 bits per heavy atom. The van der Waals surface area contributed by atoms with Gasteiger partial charge in [0, 0.05) is 58.2 Å². The molecule has 0 unspecified atom stereocenters. The van der Waals surface area contributed by atoms with Crippen LogP contribution in [0.1, 0.15) is 39.8 Å². The third kappa shape index (κ3) is 24.0. The van der Waals surface area contributed by atoms with Gasteiger partial charge in [-0.15, -0.1) is 0 Å². The van der Waals surface area contributed by atoms with Gasteiger partial charge in [0.1, 0.15) is 0 Å². The van der Waals surface area contributed by atoms with Crippen LogP contribution >= 0.6 is 0 Å². The molecule has 0 spiro atoms. The van der Waals surface area contributed by atoms with Crippen molar-refractivity contribution < 1.29 is 152 Å². The van der Waals surface area contributed by atoms with Crippen molar-refractivity contribution in [3.63, 3.8) is 0 Å². The summed E-state index contributed by atoms with van der Waals surface area (Å²) in [6.45, 7) is 5.92. The van der Waals surface area contributed by atoms with E-state index < -0.39 is 63.5 Å². The van der Waals surface area contributed by atoms with Crippen LogP contribution in [0, 0.1) is 13.8 Å². The van der Waals surface area contributed by atoms with Gasteiger partial charge in [-0.1, -0.05) is 6.42 Å². The molecule has 0 saturated carbocycles. The average Bonchev–Trinajstić information content (AvgIpc) is 3.13.